The van der Waals surface area contributed by atoms with Crippen LogP contribution in [0.15, 0.2) is 0 Å². The summed E-state index contributed by atoms with van der Waals surface area (Å²) in [6, 6.07) is 0. The van der Waals surface area contributed by atoms with Crippen LogP contribution in [0, 0.1) is 0 Å². The molecule has 1 atom stereocenters. The lowest BCUT2D eigenvalue weighted by Crippen LogP contribution is -2.35. The minimum Gasteiger partial charge on any atom is -0.238 e. The lowest BCUT2D eigenvalue weighted by molar-refractivity contribution is -0.349. The van der Waals surface area contributed by atoms with Gasteiger partial charge in [0.05, 0.1) is 0 Å². The molecule has 0 aliphatic heterocycles. The topological polar surface area (TPSA) is 9.23 Å². The molecule has 0 aromatic heterocycles. The van der Waals surface area contributed by atoms with Gasteiger partial charge in [0, 0.05) is 0 Å². The molecule has 0 N–H and O–H groups in total. The molecular weight excluding hydrogens is 218 g/mol. The predicted octanol–water partition coefficient (Wildman–Crippen LogP) is 2.92. The highest BCUT2D eigenvalue weighted by Crippen LogP contribution is 2.34. The summed E-state index contributed by atoms with van der Waals surface area (Å²) in [5.74, 6) is 0. The van der Waals surface area contributed by atoms with Gasteiger partial charge in [0.2, 0.25) is 0 Å². The van der Waals surface area contributed by atoms with Gasteiger partial charge in [-0.05, 0) is 11.6 Å². The molecule has 68 valence electrons. The zero-order valence-electron chi connectivity index (χ0n) is 4.63. The zero-order chi connectivity index (χ0) is 9.28. The van der Waals surface area contributed by atoms with Crippen LogP contribution in [-0.4, -0.2) is 17.3 Å². The van der Waals surface area contributed by atoms with Gasteiger partial charge in [-0.25, -0.2) is 9.13 Å². The summed E-state index contributed by atoms with van der Waals surface area (Å²) >= 11 is 8.04. The van der Waals surface area contributed by atoms with E-state index in [0.717, 1.165) is 0 Å². The van der Waals surface area contributed by atoms with Crippen molar-refractivity contribution in [2.24, 2.45) is 0 Å². The number of rotatable bonds is 3. The van der Waals surface area contributed by atoms with Gasteiger partial charge in [-0.2, -0.15) is 17.6 Å². The Kier molecular flexibility index (Phi) is 3.34. The molecule has 0 bridgehead atoms. The molecule has 0 aliphatic rings. The van der Waals surface area contributed by atoms with Crippen LogP contribution >= 0.6 is 23.2 Å². The van der Waals surface area contributed by atoms with E-state index >= 15 is 0 Å². The second kappa shape index (κ2) is 3.28. The minimum atomic E-state index is -4.80. The van der Waals surface area contributed by atoms with Gasteiger partial charge in [0.25, 0.3) is 5.63 Å². The Labute approximate surface area is 68.0 Å². The zero-order valence-corrected chi connectivity index (χ0v) is 6.14. The SMILES string of the molecule is FC(Cl)C(F)(F)OC(F)(F)Cl. The van der Waals surface area contributed by atoms with Crippen molar-refractivity contribution in [2.75, 3.05) is 0 Å². The normalized spacial score (nSPS) is 16.6. The number of halogens is 7. The minimum absolute atomic E-state index is 2.48. The molecular formula is C3HCl2F5O. The van der Waals surface area contributed by atoms with E-state index < -0.39 is 17.3 Å². The fourth-order valence-electron chi connectivity index (χ4n) is 0.199. The van der Waals surface area contributed by atoms with Crippen LogP contribution in [0.2, 0.25) is 0 Å². The van der Waals surface area contributed by atoms with Gasteiger partial charge >= 0.3 is 11.7 Å². The summed E-state index contributed by atoms with van der Waals surface area (Å²) in [4.78, 5) is 0. The number of ether oxygens (including phenoxy) is 1. The van der Waals surface area contributed by atoms with Crippen LogP contribution in [0.25, 0.3) is 0 Å². The molecule has 1 unspecified atom stereocenters. The maximum atomic E-state index is 11.7. The fraction of sp³-hybridized carbons (Fsp3) is 1.00. The second-order valence-electron chi connectivity index (χ2n) is 1.41. The maximum absolute atomic E-state index is 11.7. The first-order valence-electron chi connectivity index (χ1n) is 2.08. The van der Waals surface area contributed by atoms with Crippen LogP contribution in [0.1, 0.15) is 0 Å². The van der Waals surface area contributed by atoms with Crippen molar-refractivity contribution in [1.82, 2.24) is 0 Å². The first-order chi connectivity index (χ1) is 4.65. The third-order valence-electron chi connectivity index (χ3n) is 0.506. The number of hydrogen-bond donors (Lipinski definition) is 0. The third-order valence-corrected chi connectivity index (χ3v) is 0.837. The Bertz CT molecular complexity index is 132. The molecule has 0 radical (unpaired) electrons. The molecule has 0 saturated carbocycles. The molecule has 11 heavy (non-hydrogen) atoms. The lowest BCUT2D eigenvalue weighted by Gasteiger charge is -2.18. The molecule has 0 spiro atoms. The van der Waals surface area contributed by atoms with Crippen molar-refractivity contribution in [1.29, 1.82) is 0 Å². The summed E-state index contributed by atoms with van der Waals surface area (Å²) in [5, 5.41) is 0. The van der Waals surface area contributed by atoms with Crippen molar-refractivity contribution in [3.8, 4) is 0 Å². The van der Waals surface area contributed by atoms with Gasteiger partial charge in [-0.1, -0.05) is 11.6 Å². The van der Waals surface area contributed by atoms with Crippen LogP contribution < -0.4 is 0 Å². The fourth-order valence-corrected chi connectivity index (χ4v) is 0.346. The monoisotopic (exact) mass is 218 g/mol. The smallest absolute Gasteiger partial charge is 0.238 e. The molecule has 1 nitrogen and oxygen atoms in total. The van der Waals surface area contributed by atoms with Crippen LogP contribution in [0.4, 0.5) is 22.0 Å². The highest BCUT2D eigenvalue weighted by atomic mass is 35.5. The highest BCUT2D eigenvalue weighted by Gasteiger charge is 2.49. The number of hydrogen-bond acceptors (Lipinski definition) is 1. The van der Waals surface area contributed by atoms with Crippen molar-refractivity contribution in [2.45, 2.75) is 17.3 Å². The van der Waals surface area contributed by atoms with Gasteiger partial charge < -0.3 is 0 Å². The van der Waals surface area contributed by atoms with Crippen LogP contribution in [0.3, 0.4) is 0 Å². The van der Waals surface area contributed by atoms with Gasteiger partial charge in [-0.3, -0.25) is 0 Å². The predicted molar refractivity (Wildman–Crippen MR) is 27.6 cm³/mol. The second-order valence-corrected chi connectivity index (χ2v) is 2.23. The van der Waals surface area contributed by atoms with Crippen molar-refractivity contribution in [3.63, 3.8) is 0 Å². The molecule has 0 aromatic carbocycles. The summed E-state index contributed by atoms with van der Waals surface area (Å²) in [7, 11) is 0. The Balaban J connectivity index is 4.13. The van der Waals surface area contributed by atoms with Crippen molar-refractivity contribution in [3.05, 3.63) is 0 Å². The van der Waals surface area contributed by atoms with E-state index in [1.807, 2.05) is 0 Å². The standard InChI is InChI=1S/C3HCl2F5O/c4-1(6)2(7,8)11-3(5,9)10/h1H. The summed E-state index contributed by atoms with van der Waals surface area (Å²) < 4.78 is 60.3. The van der Waals surface area contributed by atoms with Gasteiger partial charge in [-0.15, -0.1) is 0 Å². The first-order valence-corrected chi connectivity index (χ1v) is 2.89. The Morgan fingerprint density at radius 2 is 1.55 bits per heavy atom. The maximum Gasteiger partial charge on any atom is 0.445 e. The summed E-state index contributed by atoms with van der Waals surface area (Å²) in [6.45, 7) is 0. The first kappa shape index (κ1) is 11.2. The molecule has 0 aromatic rings. The average Bonchev–Trinajstić information content (AvgIpc) is 1.56. The van der Waals surface area contributed by atoms with E-state index in [1.54, 1.807) is 0 Å². The third kappa shape index (κ3) is 4.60. The molecule has 0 heterocycles. The van der Waals surface area contributed by atoms with Crippen molar-refractivity contribution >= 4 is 23.2 Å². The van der Waals surface area contributed by atoms with Gasteiger partial charge in [0.1, 0.15) is 0 Å². The van der Waals surface area contributed by atoms with E-state index in [9.17, 15) is 22.0 Å². The average molecular weight is 219 g/mol. The molecule has 0 saturated heterocycles. The molecule has 0 fully saturated rings. The van der Waals surface area contributed by atoms with E-state index in [1.165, 1.54) is 0 Å². The molecule has 0 rings (SSSR count). The molecule has 0 amide bonds. The van der Waals surface area contributed by atoms with E-state index in [2.05, 4.69) is 27.9 Å². The molecule has 8 heteroatoms. The highest BCUT2D eigenvalue weighted by molar-refractivity contribution is 6.21. The van der Waals surface area contributed by atoms with Gasteiger partial charge in [0.15, 0.2) is 0 Å². The van der Waals surface area contributed by atoms with E-state index in [0.29, 0.717) is 0 Å². The quantitative estimate of drug-likeness (QED) is 0.523. The van der Waals surface area contributed by atoms with Crippen molar-refractivity contribution < 1.29 is 26.7 Å². The van der Waals surface area contributed by atoms with Crippen LogP contribution in [0.5, 0.6) is 0 Å². The summed E-state index contributed by atoms with van der Waals surface area (Å²) in [6.07, 6.45) is -4.80. The van der Waals surface area contributed by atoms with Crippen LogP contribution in [-0.2, 0) is 4.74 Å². The number of alkyl halides is 7. The Morgan fingerprint density at radius 1 is 1.18 bits per heavy atom. The largest absolute Gasteiger partial charge is 0.445 e. The Hall–Kier alpha value is 0.190. The molecule has 0 aliphatic carbocycles. The Morgan fingerprint density at radius 3 is 1.64 bits per heavy atom. The lowest BCUT2D eigenvalue weighted by atomic mass is 10.7. The van der Waals surface area contributed by atoms with E-state index in [-0.39, 0.29) is 0 Å². The van der Waals surface area contributed by atoms with E-state index in [4.69, 9.17) is 0 Å². The summed E-state index contributed by atoms with van der Waals surface area (Å²) in [5.41, 5.74) is -8.00.